The molecular formula is C13H8ClN5O2S2. The Balaban J connectivity index is 1.99. The highest BCUT2D eigenvalue weighted by Gasteiger charge is 2.12. The van der Waals surface area contributed by atoms with Crippen LogP contribution in [0.15, 0.2) is 40.8 Å². The van der Waals surface area contributed by atoms with Crippen molar-refractivity contribution in [3.05, 3.63) is 61.2 Å². The number of aromatic amines is 1. The zero-order valence-corrected chi connectivity index (χ0v) is 13.7. The highest BCUT2D eigenvalue weighted by molar-refractivity contribution is 7.71. The molecule has 1 aromatic carbocycles. The van der Waals surface area contributed by atoms with E-state index >= 15 is 0 Å². The second-order valence-corrected chi connectivity index (χ2v) is 6.10. The molecule has 0 bridgehead atoms. The van der Waals surface area contributed by atoms with Crippen molar-refractivity contribution in [2.75, 3.05) is 0 Å². The van der Waals surface area contributed by atoms with Gasteiger partial charge in [0, 0.05) is 11.6 Å². The fourth-order valence-corrected chi connectivity index (χ4v) is 2.90. The first kappa shape index (κ1) is 15.5. The number of thiophene rings is 1. The molecule has 0 aliphatic rings. The van der Waals surface area contributed by atoms with Crippen molar-refractivity contribution in [1.82, 2.24) is 14.9 Å². The standard InChI is InChI=1S/C13H8ClN5O2S2/c14-9-4-3-8(6-10(9)19(20)21)7-15-18-12(16-17-13(18)22)11-2-1-5-23-11/h1-7H,(H,17,22)/b15-7-. The molecule has 0 unspecified atom stereocenters. The Morgan fingerprint density at radius 3 is 3.00 bits per heavy atom. The summed E-state index contributed by atoms with van der Waals surface area (Å²) >= 11 is 12.4. The number of halogens is 1. The average Bonchev–Trinajstić information content (AvgIpc) is 3.16. The average molecular weight is 366 g/mol. The molecular weight excluding hydrogens is 358 g/mol. The van der Waals surface area contributed by atoms with E-state index in [0.717, 1.165) is 4.88 Å². The van der Waals surface area contributed by atoms with Gasteiger partial charge in [0.1, 0.15) is 5.02 Å². The summed E-state index contributed by atoms with van der Waals surface area (Å²) in [5, 5.41) is 24.0. The molecule has 0 saturated heterocycles. The van der Waals surface area contributed by atoms with Gasteiger partial charge >= 0.3 is 0 Å². The van der Waals surface area contributed by atoms with E-state index in [9.17, 15) is 10.1 Å². The van der Waals surface area contributed by atoms with Gasteiger partial charge in [0.15, 0.2) is 5.82 Å². The number of nitrogens with zero attached hydrogens (tertiary/aromatic N) is 4. The van der Waals surface area contributed by atoms with Crippen molar-refractivity contribution in [3.63, 3.8) is 0 Å². The molecule has 2 heterocycles. The molecule has 0 atom stereocenters. The fraction of sp³-hybridized carbons (Fsp3) is 0. The summed E-state index contributed by atoms with van der Waals surface area (Å²) in [5.74, 6) is 0.574. The number of rotatable bonds is 4. The van der Waals surface area contributed by atoms with Crippen LogP contribution in [0.4, 0.5) is 5.69 Å². The summed E-state index contributed by atoms with van der Waals surface area (Å²) in [6.07, 6.45) is 1.46. The molecule has 10 heteroatoms. The fourth-order valence-electron chi connectivity index (χ4n) is 1.84. The van der Waals surface area contributed by atoms with E-state index in [-0.39, 0.29) is 10.7 Å². The van der Waals surface area contributed by atoms with Gasteiger partial charge in [-0.3, -0.25) is 10.1 Å². The maximum absolute atomic E-state index is 10.9. The van der Waals surface area contributed by atoms with Crippen LogP contribution in [0.3, 0.4) is 0 Å². The van der Waals surface area contributed by atoms with Gasteiger partial charge in [-0.2, -0.15) is 14.9 Å². The molecule has 0 saturated carbocycles. The number of aromatic nitrogens is 3. The summed E-state index contributed by atoms with van der Waals surface area (Å²) in [4.78, 5) is 11.3. The van der Waals surface area contributed by atoms with Crippen LogP contribution in [-0.2, 0) is 0 Å². The first-order valence-electron chi connectivity index (χ1n) is 6.26. The number of benzene rings is 1. The van der Waals surface area contributed by atoms with Gasteiger partial charge in [-0.05, 0) is 29.7 Å². The van der Waals surface area contributed by atoms with E-state index in [1.54, 1.807) is 6.07 Å². The third-order valence-corrected chi connectivity index (χ3v) is 4.33. The van der Waals surface area contributed by atoms with E-state index in [0.29, 0.717) is 16.2 Å². The van der Waals surface area contributed by atoms with Crippen molar-refractivity contribution >= 4 is 47.1 Å². The molecule has 3 rings (SSSR count). The number of nitrogens with one attached hydrogen (secondary N) is 1. The van der Waals surface area contributed by atoms with Crippen molar-refractivity contribution in [3.8, 4) is 10.7 Å². The second kappa shape index (κ2) is 6.41. The lowest BCUT2D eigenvalue weighted by molar-refractivity contribution is -0.384. The zero-order chi connectivity index (χ0) is 16.4. The van der Waals surface area contributed by atoms with E-state index in [1.165, 1.54) is 34.4 Å². The monoisotopic (exact) mass is 365 g/mol. The predicted octanol–water partition coefficient (Wildman–Crippen LogP) is 4.11. The van der Waals surface area contributed by atoms with Crippen LogP contribution in [0.25, 0.3) is 10.7 Å². The van der Waals surface area contributed by atoms with Crippen molar-refractivity contribution in [1.29, 1.82) is 0 Å². The van der Waals surface area contributed by atoms with Crippen LogP contribution in [0.5, 0.6) is 0 Å². The van der Waals surface area contributed by atoms with Crippen LogP contribution in [-0.4, -0.2) is 26.0 Å². The van der Waals surface area contributed by atoms with Crippen LogP contribution in [0, 0.1) is 14.9 Å². The second-order valence-electron chi connectivity index (χ2n) is 4.35. The highest BCUT2D eigenvalue weighted by atomic mass is 35.5. The van der Waals surface area contributed by atoms with Crippen LogP contribution >= 0.6 is 35.2 Å². The summed E-state index contributed by atoms with van der Waals surface area (Å²) in [5.41, 5.74) is 0.353. The van der Waals surface area contributed by atoms with Gasteiger partial charge in [-0.15, -0.1) is 11.3 Å². The first-order valence-corrected chi connectivity index (χ1v) is 7.92. The molecule has 1 N–H and O–H groups in total. The first-order chi connectivity index (χ1) is 11.1. The zero-order valence-electron chi connectivity index (χ0n) is 11.3. The van der Waals surface area contributed by atoms with Crippen LogP contribution in [0.1, 0.15) is 5.56 Å². The molecule has 3 aromatic rings. The maximum atomic E-state index is 10.9. The topological polar surface area (TPSA) is 89.1 Å². The van der Waals surface area contributed by atoms with Gasteiger partial charge < -0.3 is 0 Å². The van der Waals surface area contributed by atoms with Gasteiger partial charge in [-0.1, -0.05) is 23.7 Å². The highest BCUT2D eigenvalue weighted by Crippen LogP contribution is 2.25. The van der Waals surface area contributed by atoms with Crippen molar-refractivity contribution < 1.29 is 4.92 Å². The minimum absolute atomic E-state index is 0.0753. The smallest absolute Gasteiger partial charge is 0.258 e. The summed E-state index contributed by atoms with van der Waals surface area (Å²) in [6.45, 7) is 0. The predicted molar refractivity (Wildman–Crippen MR) is 91.8 cm³/mol. The van der Waals surface area contributed by atoms with Gasteiger partial charge in [0.2, 0.25) is 4.77 Å². The lowest BCUT2D eigenvalue weighted by atomic mass is 10.2. The van der Waals surface area contributed by atoms with Gasteiger partial charge in [-0.25, -0.2) is 5.10 Å². The normalized spacial score (nSPS) is 11.2. The van der Waals surface area contributed by atoms with Gasteiger partial charge in [0.05, 0.1) is 16.0 Å². The van der Waals surface area contributed by atoms with E-state index in [1.807, 2.05) is 17.5 Å². The van der Waals surface area contributed by atoms with E-state index in [2.05, 4.69) is 15.3 Å². The molecule has 0 radical (unpaired) electrons. The molecule has 0 amide bonds. The lowest BCUT2D eigenvalue weighted by Crippen LogP contribution is -1.95. The molecule has 0 fully saturated rings. The number of hydrogen-bond acceptors (Lipinski definition) is 6. The van der Waals surface area contributed by atoms with Crippen molar-refractivity contribution in [2.24, 2.45) is 5.10 Å². The molecule has 0 spiro atoms. The van der Waals surface area contributed by atoms with E-state index in [4.69, 9.17) is 23.8 Å². The van der Waals surface area contributed by atoms with E-state index < -0.39 is 4.92 Å². The molecule has 116 valence electrons. The summed E-state index contributed by atoms with van der Waals surface area (Å²) in [7, 11) is 0. The number of H-pyrrole nitrogens is 1. The Hall–Kier alpha value is -2.36. The minimum Gasteiger partial charge on any atom is -0.258 e. The Labute approximate surface area is 144 Å². The number of nitro benzene ring substituents is 1. The SMILES string of the molecule is O=[N+]([O-])c1cc(/C=N\n2c(-c3cccs3)n[nH]c2=S)ccc1Cl. The molecule has 7 nitrogen and oxygen atoms in total. The van der Waals surface area contributed by atoms with Gasteiger partial charge in [0.25, 0.3) is 5.69 Å². The third kappa shape index (κ3) is 3.21. The molecule has 0 aliphatic carbocycles. The molecule has 23 heavy (non-hydrogen) atoms. The third-order valence-electron chi connectivity index (χ3n) is 2.88. The summed E-state index contributed by atoms with van der Waals surface area (Å²) < 4.78 is 1.79. The quantitative estimate of drug-likeness (QED) is 0.326. The number of hydrogen-bond donors (Lipinski definition) is 1. The Morgan fingerprint density at radius 2 is 2.30 bits per heavy atom. The van der Waals surface area contributed by atoms with Crippen LogP contribution < -0.4 is 0 Å². The lowest BCUT2D eigenvalue weighted by Gasteiger charge is -1.99. The molecule has 2 aromatic heterocycles. The van der Waals surface area contributed by atoms with Crippen molar-refractivity contribution in [2.45, 2.75) is 0 Å². The van der Waals surface area contributed by atoms with Crippen LogP contribution in [0.2, 0.25) is 5.02 Å². The largest absolute Gasteiger partial charge is 0.288 e. The minimum atomic E-state index is -0.541. The Bertz CT molecular complexity index is 946. The Morgan fingerprint density at radius 1 is 1.48 bits per heavy atom. The number of nitro groups is 1. The Kier molecular flexibility index (Phi) is 4.33. The summed E-state index contributed by atoms with van der Waals surface area (Å²) in [6, 6.07) is 8.23. The maximum Gasteiger partial charge on any atom is 0.288 e. The molecule has 0 aliphatic heterocycles.